The van der Waals surface area contributed by atoms with Crippen molar-refractivity contribution in [2.75, 3.05) is 7.11 Å². The van der Waals surface area contributed by atoms with Crippen LogP contribution in [0.4, 0.5) is 0 Å². The fourth-order valence-electron chi connectivity index (χ4n) is 2.48. The topological polar surface area (TPSA) is 56.4 Å². The monoisotopic (exact) mass is 305 g/mol. The number of hydrogen-bond donors (Lipinski definition) is 1. The third-order valence-electron chi connectivity index (χ3n) is 3.45. The first-order valence-corrected chi connectivity index (χ1v) is 7.81. The number of nitrogens with zero attached hydrogens (tertiary/aromatic N) is 4. The third kappa shape index (κ3) is 2.66. The normalized spacial score (nSPS) is 11.4. The molecular weight excluding hydrogens is 286 g/mol. The number of rotatable bonds is 6. The molecule has 112 valence electrons. The van der Waals surface area contributed by atoms with Gasteiger partial charge in [0, 0.05) is 43.5 Å². The molecule has 0 atom stereocenters. The number of ether oxygens (including phenoxy) is 1. The van der Waals surface area contributed by atoms with Crippen LogP contribution in [0.5, 0.6) is 5.88 Å². The van der Waals surface area contributed by atoms with Crippen molar-refractivity contribution in [1.29, 1.82) is 0 Å². The number of hydrogen-bond acceptors (Lipinski definition) is 5. The zero-order valence-electron chi connectivity index (χ0n) is 12.5. The fourth-order valence-corrected chi connectivity index (χ4v) is 3.21. The molecule has 0 aliphatic carbocycles. The van der Waals surface area contributed by atoms with Crippen LogP contribution in [0.15, 0.2) is 17.8 Å². The van der Waals surface area contributed by atoms with Gasteiger partial charge in [0.15, 0.2) is 4.96 Å². The van der Waals surface area contributed by atoms with Gasteiger partial charge < -0.3 is 10.1 Å². The Kier molecular flexibility index (Phi) is 3.94. The molecule has 21 heavy (non-hydrogen) atoms. The number of imidazole rings is 1. The van der Waals surface area contributed by atoms with E-state index in [4.69, 9.17) is 4.74 Å². The van der Waals surface area contributed by atoms with Crippen molar-refractivity contribution in [3.8, 4) is 5.88 Å². The Labute approximate surface area is 127 Å². The maximum atomic E-state index is 5.36. The van der Waals surface area contributed by atoms with E-state index in [9.17, 15) is 0 Å². The van der Waals surface area contributed by atoms with E-state index in [0.717, 1.165) is 29.3 Å². The highest BCUT2D eigenvalue weighted by molar-refractivity contribution is 7.15. The van der Waals surface area contributed by atoms with Gasteiger partial charge in [0.05, 0.1) is 12.8 Å². The summed E-state index contributed by atoms with van der Waals surface area (Å²) in [6.45, 7) is 3.62. The Morgan fingerprint density at radius 1 is 1.38 bits per heavy atom. The molecule has 0 fully saturated rings. The fraction of sp³-hybridized carbons (Fsp3) is 0.429. The first kappa shape index (κ1) is 14.1. The second-order valence-electron chi connectivity index (χ2n) is 4.86. The molecule has 3 rings (SSSR count). The van der Waals surface area contributed by atoms with E-state index in [1.807, 2.05) is 23.3 Å². The van der Waals surface area contributed by atoms with Crippen LogP contribution in [0.1, 0.15) is 23.9 Å². The Morgan fingerprint density at radius 2 is 2.24 bits per heavy atom. The lowest BCUT2D eigenvalue weighted by Crippen LogP contribution is -2.15. The highest BCUT2D eigenvalue weighted by Crippen LogP contribution is 2.23. The third-order valence-corrected chi connectivity index (χ3v) is 4.21. The van der Waals surface area contributed by atoms with Gasteiger partial charge in [0.25, 0.3) is 0 Å². The molecule has 3 heterocycles. The molecule has 3 aromatic heterocycles. The lowest BCUT2D eigenvalue weighted by molar-refractivity contribution is 0.393. The van der Waals surface area contributed by atoms with E-state index in [2.05, 4.69) is 32.9 Å². The molecule has 0 saturated heterocycles. The lowest BCUT2D eigenvalue weighted by atomic mass is 10.2. The SMILES string of the molecule is CCc1nn(C)cc1CNCc1c(OC)nc2sccn12. The first-order chi connectivity index (χ1) is 10.2. The Bertz CT molecular complexity index is 742. The minimum Gasteiger partial charge on any atom is -0.480 e. The van der Waals surface area contributed by atoms with Crippen molar-refractivity contribution >= 4 is 16.3 Å². The van der Waals surface area contributed by atoms with Crippen LogP contribution in [0.3, 0.4) is 0 Å². The molecular formula is C14H19N5OS. The van der Waals surface area contributed by atoms with Crippen molar-refractivity contribution in [2.45, 2.75) is 26.4 Å². The van der Waals surface area contributed by atoms with Crippen molar-refractivity contribution in [3.05, 3.63) is 34.7 Å². The molecule has 0 aliphatic heterocycles. The van der Waals surface area contributed by atoms with Crippen LogP contribution in [0.2, 0.25) is 0 Å². The maximum Gasteiger partial charge on any atom is 0.237 e. The molecule has 6 nitrogen and oxygen atoms in total. The smallest absolute Gasteiger partial charge is 0.237 e. The molecule has 3 aromatic rings. The Balaban J connectivity index is 1.73. The van der Waals surface area contributed by atoms with Crippen molar-refractivity contribution < 1.29 is 4.74 Å². The van der Waals surface area contributed by atoms with Crippen LogP contribution < -0.4 is 10.1 Å². The van der Waals surface area contributed by atoms with E-state index in [1.165, 1.54) is 5.56 Å². The van der Waals surface area contributed by atoms with Crippen molar-refractivity contribution in [2.24, 2.45) is 7.05 Å². The molecule has 0 radical (unpaired) electrons. The molecule has 0 aromatic carbocycles. The second kappa shape index (κ2) is 5.87. The highest BCUT2D eigenvalue weighted by Gasteiger charge is 2.13. The molecule has 0 unspecified atom stereocenters. The molecule has 0 bridgehead atoms. The number of aryl methyl sites for hydroxylation is 2. The van der Waals surface area contributed by atoms with Gasteiger partial charge in [-0.3, -0.25) is 9.08 Å². The number of nitrogens with one attached hydrogen (secondary N) is 1. The number of methoxy groups -OCH3 is 1. The second-order valence-corrected chi connectivity index (χ2v) is 5.73. The van der Waals surface area contributed by atoms with Crippen molar-refractivity contribution in [3.63, 3.8) is 0 Å². The van der Waals surface area contributed by atoms with Crippen LogP contribution in [0.25, 0.3) is 4.96 Å². The summed E-state index contributed by atoms with van der Waals surface area (Å²) in [6.07, 6.45) is 5.04. The van der Waals surface area contributed by atoms with E-state index in [0.29, 0.717) is 12.4 Å². The van der Waals surface area contributed by atoms with E-state index >= 15 is 0 Å². The van der Waals surface area contributed by atoms with E-state index in [-0.39, 0.29) is 0 Å². The molecule has 0 saturated carbocycles. The largest absolute Gasteiger partial charge is 0.480 e. The van der Waals surface area contributed by atoms with Crippen LogP contribution in [0, 0.1) is 0 Å². The Hall–Kier alpha value is -1.86. The zero-order chi connectivity index (χ0) is 14.8. The summed E-state index contributed by atoms with van der Waals surface area (Å²) in [7, 11) is 3.61. The zero-order valence-corrected chi connectivity index (χ0v) is 13.3. The summed E-state index contributed by atoms with van der Waals surface area (Å²) in [5.41, 5.74) is 3.44. The van der Waals surface area contributed by atoms with Crippen LogP contribution >= 0.6 is 11.3 Å². The van der Waals surface area contributed by atoms with E-state index in [1.54, 1.807) is 18.4 Å². The summed E-state index contributed by atoms with van der Waals surface area (Å²) in [6, 6.07) is 0. The summed E-state index contributed by atoms with van der Waals surface area (Å²) in [5.74, 6) is 0.691. The predicted octanol–water partition coefficient (Wildman–Crippen LogP) is 1.99. The van der Waals surface area contributed by atoms with Gasteiger partial charge in [-0.05, 0) is 6.42 Å². The molecule has 0 aliphatic rings. The summed E-state index contributed by atoms with van der Waals surface area (Å²) < 4.78 is 9.30. The maximum absolute atomic E-state index is 5.36. The lowest BCUT2D eigenvalue weighted by Gasteiger charge is -2.05. The highest BCUT2D eigenvalue weighted by atomic mass is 32.1. The van der Waals surface area contributed by atoms with Gasteiger partial charge in [-0.1, -0.05) is 6.92 Å². The van der Waals surface area contributed by atoms with Gasteiger partial charge in [0.1, 0.15) is 5.69 Å². The van der Waals surface area contributed by atoms with Gasteiger partial charge in [0.2, 0.25) is 5.88 Å². The van der Waals surface area contributed by atoms with Gasteiger partial charge in [-0.2, -0.15) is 10.1 Å². The molecule has 0 amide bonds. The van der Waals surface area contributed by atoms with Gasteiger partial charge in [-0.15, -0.1) is 11.3 Å². The number of fused-ring (bicyclic) bond motifs is 1. The summed E-state index contributed by atoms with van der Waals surface area (Å²) in [4.78, 5) is 5.42. The summed E-state index contributed by atoms with van der Waals surface area (Å²) >= 11 is 1.61. The van der Waals surface area contributed by atoms with Gasteiger partial charge >= 0.3 is 0 Å². The minimum absolute atomic E-state index is 0.691. The molecule has 7 heteroatoms. The molecule has 0 spiro atoms. The number of aromatic nitrogens is 4. The average Bonchev–Trinajstić information content (AvgIpc) is 3.14. The van der Waals surface area contributed by atoms with Crippen LogP contribution in [-0.4, -0.2) is 26.3 Å². The van der Waals surface area contributed by atoms with Gasteiger partial charge in [-0.25, -0.2) is 0 Å². The van der Waals surface area contributed by atoms with Crippen molar-refractivity contribution in [1.82, 2.24) is 24.5 Å². The quantitative estimate of drug-likeness (QED) is 0.757. The minimum atomic E-state index is 0.691. The summed E-state index contributed by atoms with van der Waals surface area (Å²) in [5, 5.41) is 9.94. The Morgan fingerprint density at radius 3 is 3.00 bits per heavy atom. The first-order valence-electron chi connectivity index (χ1n) is 6.93. The van der Waals surface area contributed by atoms with Crippen LogP contribution in [-0.2, 0) is 26.6 Å². The predicted molar refractivity (Wildman–Crippen MR) is 82.8 cm³/mol. The standard InChI is InChI=1S/C14H19N5OS/c1-4-11-10(9-18(2)17-11)7-15-8-12-13(20-3)16-14-19(12)5-6-21-14/h5-6,9,15H,4,7-8H2,1-3H3. The van der Waals surface area contributed by atoms with E-state index < -0.39 is 0 Å². The average molecular weight is 305 g/mol. The molecule has 1 N–H and O–H groups in total. The number of thiazole rings is 1.